The molecule has 1 heterocycles. The van der Waals surface area contributed by atoms with Gasteiger partial charge in [0.2, 0.25) is 0 Å². The first-order valence-corrected chi connectivity index (χ1v) is 10.1. The largest absolute Gasteiger partial charge is 0.383 e. The fourth-order valence-corrected chi connectivity index (χ4v) is 3.36. The first-order valence-electron chi connectivity index (χ1n) is 10.1. The van der Waals surface area contributed by atoms with Crippen LogP contribution < -0.4 is 10.6 Å². The van der Waals surface area contributed by atoms with Gasteiger partial charge in [-0.05, 0) is 50.5 Å². The third kappa shape index (κ3) is 6.06. The van der Waals surface area contributed by atoms with E-state index in [4.69, 9.17) is 4.74 Å². The SMILES string of the molecule is COC[C@H](Cc1ccc(C)cc1)Nc1ncccc1NC(C)c1ccc(C)cc1. The van der Waals surface area contributed by atoms with Crippen LogP contribution in [0.15, 0.2) is 66.9 Å². The molecule has 0 amide bonds. The maximum Gasteiger partial charge on any atom is 0.149 e. The average Bonchev–Trinajstić information content (AvgIpc) is 2.72. The Hall–Kier alpha value is -2.85. The number of rotatable bonds is 9. The number of aromatic nitrogens is 1. The van der Waals surface area contributed by atoms with Crippen LogP contribution in [0.25, 0.3) is 0 Å². The van der Waals surface area contributed by atoms with Gasteiger partial charge in [0.25, 0.3) is 0 Å². The smallest absolute Gasteiger partial charge is 0.149 e. The van der Waals surface area contributed by atoms with Crippen LogP contribution in [-0.2, 0) is 11.2 Å². The minimum absolute atomic E-state index is 0.132. The lowest BCUT2D eigenvalue weighted by Crippen LogP contribution is -2.28. The molecule has 0 aliphatic heterocycles. The van der Waals surface area contributed by atoms with Crippen molar-refractivity contribution >= 4 is 11.5 Å². The molecule has 0 spiro atoms. The molecule has 0 saturated heterocycles. The molecule has 0 aliphatic rings. The molecule has 2 N–H and O–H groups in total. The number of nitrogens with zero attached hydrogens (tertiary/aromatic N) is 1. The highest BCUT2D eigenvalue weighted by atomic mass is 16.5. The van der Waals surface area contributed by atoms with E-state index in [1.165, 1.54) is 22.3 Å². The molecule has 0 radical (unpaired) electrons. The molecule has 1 unspecified atom stereocenters. The molecule has 3 rings (SSSR count). The van der Waals surface area contributed by atoms with Gasteiger partial charge < -0.3 is 15.4 Å². The quantitative estimate of drug-likeness (QED) is 0.504. The van der Waals surface area contributed by atoms with Crippen molar-refractivity contribution in [3.05, 3.63) is 89.1 Å². The Labute approximate surface area is 174 Å². The molecule has 2 aromatic carbocycles. The standard InChI is InChI=1S/C25H31N3O/c1-18-7-11-21(12-8-18)16-23(17-29-4)28-25-24(6-5-15-26-25)27-20(3)22-13-9-19(2)10-14-22/h5-15,20,23,27H,16-17H2,1-4H3,(H,26,28)/t20?,23-/m0/s1. The Bertz CT molecular complexity index is 891. The molecule has 3 aromatic rings. The highest BCUT2D eigenvalue weighted by Gasteiger charge is 2.14. The highest BCUT2D eigenvalue weighted by molar-refractivity contribution is 5.65. The van der Waals surface area contributed by atoms with E-state index in [-0.39, 0.29) is 12.1 Å². The minimum Gasteiger partial charge on any atom is -0.383 e. The fourth-order valence-electron chi connectivity index (χ4n) is 3.36. The van der Waals surface area contributed by atoms with Crippen molar-refractivity contribution in [2.45, 2.75) is 39.3 Å². The normalized spacial score (nSPS) is 13.0. The first kappa shape index (κ1) is 20.9. The number of hydrogen-bond acceptors (Lipinski definition) is 4. The molecule has 4 nitrogen and oxygen atoms in total. The van der Waals surface area contributed by atoms with Crippen molar-refractivity contribution in [1.82, 2.24) is 4.98 Å². The van der Waals surface area contributed by atoms with Crippen molar-refractivity contribution < 1.29 is 4.74 Å². The number of ether oxygens (including phenoxy) is 1. The van der Waals surface area contributed by atoms with Crippen molar-refractivity contribution in [3.8, 4) is 0 Å². The second kappa shape index (κ2) is 10.1. The number of anilines is 2. The van der Waals surface area contributed by atoms with Crippen LogP contribution in [0.1, 0.15) is 35.2 Å². The maximum absolute atomic E-state index is 5.46. The average molecular weight is 390 g/mol. The predicted octanol–water partition coefficient (Wildman–Crippen LogP) is 5.54. The zero-order valence-corrected chi connectivity index (χ0v) is 17.8. The van der Waals surface area contributed by atoms with Gasteiger partial charge >= 0.3 is 0 Å². The number of nitrogens with one attached hydrogen (secondary N) is 2. The Morgan fingerprint density at radius 2 is 1.55 bits per heavy atom. The summed E-state index contributed by atoms with van der Waals surface area (Å²) in [4.78, 5) is 4.59. The topological polar surface area (TPSA) is 46.2 Å². The summed E-state index contributed by atoms with van der Waals surface area (Å²) >= 11 is 0. The molecule has 1 aromatic heterocycles. The molecule has 0 aliphatic carbocycles. The van der Waals surface area contributed by atoms with Crippen LogP contribution in [0.3, 0.4) is 0 Å². The molecule has 29 heavy (non-hydrogen) atoms. The van der Waals surface area contributed by atoms with Crippen molar-refractivity contribution in [2.24, 2.45) is 0 Å². The molecule has 0 bridgehead atoms. The summed E-state index contributed by atoms with van der Waals surface area (Å²) in [5.41, 5.74) is 6.06. The van der Waals surface area contributed by atoms with E-state index in [9.17, 15) is 0 Å². The van der Waals surface area contributed by atoms with Gasteiger partial charge in [-0.15, -0.1) is 0 Å². The number of aryl methyl sites for hydroxylation is 2. The highest BCUT2D eigenvalue weighted by Crippen LogP contribution is 2.25. The van der Waals surface area contributed by atoms with E-state index in [1.54, 1.807) is 7.11 Å². The molecule has 0 saturated carbocycles. The summed E-state index contributed by atoms with van der Waals surface area (Å²) in [7, 11) is 1.74. The second-order valence-electron chi connectivity index (χ2n) is 7.66. The van der Waals surface area contributed by atoms with E-state index in [2.05, 4.69) is 91.0 Å². The zero-order chi connectivity index (χ0) is 20.6. The molecule has 0 fully saturated rings. The van der Waals surface area contributed by atoms with Gasteiger partial charge in [-0.25, -0.2) is 4.98 Å². The van der Waals surface area contributed by atoms with Gasteiger partial charge in [0, 0.05) is 19.3 Å². The summed E-state index contributed by atoms with van der Waals surface area (Å²) in [6, 6.07) is 21.6. The summed E-state index contributed by atoms with van der Waals surface area (Å²) in [5.74, 6) is 0.848. The van der Waals surface area contributed by atoms with Crippen LogP contribution in [0.2, 0.25) is 0 Å². The number of pyridine rings is 1. The van der Waals surface area contributed by atoms with Crippen molar-refractivity contribution in [1.29, 1.82) is 0 Å². The molecular weight excluding hydrogens is 358 g/mol. The van der Waals surface area contributed by atoms with Crippen LogP contribution >= 0.6 is 0 Å². The predicted molar refractivity (Wildman–Crippen MR) is 122 cm³/mol. The summed E-state index contributed by atoms with van der Waals surface area (Å²) in [6.07, 6.45) is 2.69. The van der Waals surface area contributed by atoms with E-state index in [0.29, 0.717) is 6.61 Å². The Balaban J connectivity index is 1.73. The van der Waals surface area contributed by atoms with Gasteiger partial charge in [0.05, 0.1) is 18.3 Å². The third-order valence-corrected chi connectivity index (χ3v) is 5.07. The van der Waals surface area contributed by atoms with Gasteiger partial charge in [-0.3, -0.25) is 0 Å². The summed E-state index contributed by atoms with van der Waals surface area (Å²) < 4.78 is 5.46. The lowest BCUT2D eigenvalue weighted by atomic mass is 10.0. The van der Waals surface area contributed by atoms with Crippen LogP contribution in [0.4, 0.5) is 11.5 Å². The van der Waals surface area contributed by atoms with Gasteiger partial charge in [0.15, 0.2) is 0 Å². The van der Waals surface area contributed by atoms with Crippen LogP contribution in [-0.4, -0.2) is 24.7 Å². The molecular formula is C25H31N3O. The van der Waals surface area contributed by atoms with Gasteiger partial charge in [-0.2, -0.15) is 0 Å². The van der Waals surface area contributed by atoms with Crippen molar-refractivity contribution in [2.75, 3.05) is 24.4 Å². The Morgan fingerprint density at radius 3 is 2.21 bits per heavy atom. The summed E-state index contributed by atoms with van der Waals surface area (Å²) in [5, 5.41) is 7.18. The molecule has 2 atom stereocenters. The van der Waals surface area contributed by atoms with Crippen LogP contribution in [0.5, 0.6) is 0 Å². The number of hydrogen-bond donors (Lipinski definition) is 2. The van der Waals surface area contributed by atoms with Crippen molar-refractivity contribution in [3.63, 3.8) is 0 Å². The van der Waals surface area contributed by atoms with Gasteiger partial charge in [0.1, 0.15) is 5.82 Å². The monoisotopic (exact) mass is 389 g/mol. The second-order valence-corrected chi connectivity index (χ2v) is 7.66. The molecule has 152 valence electrons. The number of methoxy groups -OCH3 is 1. The zero-order valence-electron chi connectivity index (χ0n) is 17.8. The third-order valence-electron chi connectivity index (χ3n) is 5.07. The van der Waals surface area contributed by atoms with E-state index >= 15 is 0 Å². The molecule has 4 heteroatoms. The minimum atomic E-state index is 0.132. The maximum atomic E-state index is 5.46. The van der Waals surface area contributed by atoms with Crippen LogP contribution in [0, 0.1) is 13.8 Å². The lowest BCUT2D eigenvalue weighted by molar-refractivity contribution is 0.185. The lowest BCUT2D eigenvalue weighted by Gasteiger charge is -2.23. The van der Waals surface area contributed by atoms with E-state index in [1.807, 2.05) is 12.3 Å². The summed E-state index contributed by atoms with van der Waals surface area (Å²) in [6.45, 7) is 6.99. The first-order chi connectivity index (χ1) is 14.0. The Kier molecular flexibility index (Phi) is 7.25. The van der Waals surface area contributed by atoms with E-state index < -0.39 is 0 Å². The van der Waals surface area contributed by atoms with Gasteiger partial charge in [-0.1, -0.05) is 59.7 Å². The number of benzene rings is 2. The Morgan fingerprint density at radius 1 is 0.897 bits per heavy atom. The van der Waals surface area contributed by atoms with E-state index in [0.717, 1.165) is 17.9 Å². The fraction of sp³-hybridized carbons (Fsp3) is 0.320.